The molecule has 15 heavy (non-hydrogen) atoms. The zero-order chi connectivity index (χ0) is 11.1. The van der Waals surface area contributed by atoms with Crippen molar-refractivity contribution in [2.45, 2.75) is 30.8 Å². The highest BCUT2D eigenvalue weighted by Gasteiger charge is 2.47. The normalized spacial score (nSPS) is 28.6. The van der Waals surface area contributed by atoms with E-state index < -0.39 is 17.6 Å². The van der Waals surface area contributed by atoms with E-state index in [4.69, 9.17) is 10.8 Å². The third-order valence-corrected chi connectivity index (χ3v) is 4.11. The Hall–Kier alpha value is -0.750. The molecule has 6 heteroatoms. The van der Waals surface area contributed by atoms with Crippen LogP contribution in [0, 0.1) is 0 Å². The smallest absolute Gasteiger partial charge is 0.327 e. The third kappa shape index (κ3) is 1.72. The van der Waals surface area contributed by atoms with Gasteiger partial charge < -0.3 is 15.7 Å². The maximum absolute atomic E-state index is 12.0. The molecule has 1 heterocycles. The molecule has 3 N–H and O–H groups in total. The molecule has 0 radical (unpaired) electrons. The van der Waals surface area contributed by atoms with Gasteiger partial charge in [-0.15, -0.1) is 11.8 Å². The number of carbonyl (C=O) groups is 2. The molecule has 1 atom stereocenters. The Morgan fingerprint density at radius 2 is 2.13 bits per heavy atom. The van der Waals surface area contributed by atoms with E-state index >= 15 is 0 Å². The molecule has 0 aromatic heterocycles. The Balaban J connectivity index is 2.09. The molecule has 1 amide bonds. The third-order valence-electron chi connectivity index (χ3n) is 3.10. The number of aliphatic carboxylic acids is 1. The van der Waals surface area contributed by atoms with E-state index in [2.05, 4.69) is 0 Å². The lowest BCUT2D eigenvalue weighted by Crippen LogP contribution is -2.61. The van der Waals surface area contributed by atoms with E-state index in [9.17, 15) is 9.59 Å². The summed E-state index contributed by atoms with van der Waals surface area (Å²) in [5.41, 5.74) is 5.12. The first-order valence-corrected chi connectivity index (χ1v) is 6.10. The number of nitrogens with zero attached hydrogens (tertiary/aromatic N) is 1. The zero-order valence-electron chi connectivity index (χ0n) is 8.31. The predicted molar refractivity (Wildman–Crippen MR) is 56.4 cm³/mol. The van der Waals surface area contributed by atoms with Crippen LogP contribution in [0.15, 0.2) is 0 Å². The van der Waals surface area contributed by atoms with E-state index in [-0.39, 0.29) is 5.91 Å². The average molecular weight is 230 g/mol. The molecule has 1 saturated carbocycles. The number of carbonyl (C=O) groups excluding carboxylic acids is 1. The van der Waals surface area contributed by atoms with Gasteiger partial charge in [-0.3, -0.25) is 4.79 Å². The lowest BCUT2D eigenvalue weighted by Gasteiger charge is -2.39. The molecule has 1 unspecified atom stereocenters. The van der Waals surface area contributed by atoms with Gasteiger partial charge in [0.25, 0.3) is 0 Å². The minimum Gasteiger partial charge on any atom is -0.480 e. The minimum absolute atomic E-state index is 0.189. The molecular formula is C9H14N2O3S. The number of thioether (sulfide) groups is 1. The van der Waals surface area contributed by atoms with E-state index in [0.29, 0.717) is 24.5 Å². The molecule has 0 aromatic rings. The quantitative estimate of drug-likeness (QED) is 0.689. The summed E-state index contributed by atoms with van der Waals surface area (Å²) in [4.78, 5) is 24.3. The first-order valence-electron chi connectivity index (χ1n) is 4.95. The molecule has 0 bridgehead atoms. The standard InChI is InChI=1S/C9H14N2O3S/c10-9(2-1-3-9)8(14)11-5-15-4-6(11)7(12)13/h6H,1-5,10H2,(H,12,13). The molecule has 2 rings (SSSR count). The second-order valence-corrected chi connectivity index (χ2v) is 5.14. The molecule has 0 aromatic carbocycles. The Morgan fingerprint density at radius 1 is 1.47 bits per heavy atom. The largest absolute Gasteiger partial charge is 0.480 e. The SMILES string of the molecule is NC1(C(=O)N2CSCC2C(=O)O)CCC1. The molecule has 2 aliphatic rings. The van der Waals surface area contributed by atoms with Crippen molar-refractivity contribution in [2.24, 2.45) is 5.73 Å². The van der Waals surface area contributed by atoms with Crippen molar-refractivity contribution in [1.29, 1.82) is 0 Å². The van der Waals surface area contributed by atoms with Crippen LogP contribution in [-0.4, -0.2) is 45.1 Å². The van der Waals surface area contributed by atoms with Gasteiger partial charge in [0.1, 0.15) is 6.04 Å². The van der Waals surface area contributed by atoms with Gasteiger partial charge in [0, 0.05) is 5.75 Å². The number of carboxylic acid groups (broad SMARTS) is 1. The van der Waals surface area contributed by atoms with Crippen LogP contribution in [0.3, 0.4) is 0 Å². The fraction of sp³-hybridized carbons (Fsp3) is 0.778. The summed E-state index contributed by atoms with van der Waals surface area (Å²) in [6.45, 7) is 0. The number of rotatable bonds is 2. The Kier molecular flexibility index (Phi) is 2.64. The van der Waals surface area contributed by atoms with Crippen LogP contribution < -0.4 is 5.73 Å². The van der Waals surface area contributed by atoms with Gasteiger partial charge in [-0.05, 0) is 19.3 Å². The highest BCUT2D eigenvalue weighted by atomic mass is 32.2. The van der Waals surface area contributed by atoms with Crippen LogP contribution in [0.25, 0.3) is 0 Å². The van der Waals surface area contributed by atoms with Gasteiger partial charge in [0.2, 0.25) is 5.91 Å². The van der Waals surface area contributed by atoms with Crippen LogP contribution >= 0.6 is 11.8 Å². The summed E-state index contributed by atoms with van der Waals surface area (Å²) in [6, 6.07) is -0.691. The highest BCUT2D eigenvalue weighted by molar-refractivity contribution is 7.99. The zero-order valence-corrected chi connectivity index (χ0v) is 9.13. The minimum atomic E-state index is -0.934. The summed E-state index contributed by atoms with van der Waals surface area (Å²) in [7, 11) is 0. The maximum atomic E-state index is 12.0. The molecule has 2 fully saturated rings. The molecule has 1 aliphatic heterocycles. The van der Waals surface area contributed by atoms with E-state index in [1.807, 2.05) is 0 Å². The van der Waals surface area contributed by atoms with Gasteiger partial charge >= 0.3 is 5.97 Å². The summed E-state index contributed by atoms with van der Waals surface area (Å²) in [6.07, 6.45) is 2.32. The second-order valence-electron chi connectivity index (χ2n) is 4.14. The summed E-state index contributed by atoms with van der Waals surface area (Å²) < 4.78 is 0. The van der Waals surface area contributed by atoms with Gasteiger partial charge in [-0.1, -0.05) is 0 Å². The van der Waals surface area contributed by atoms with Crippen LogP contribution in [0.1, 0.15) is 19.3 Å². The lowest BCUT2D eigenvalue weighted by molar-refractivity contribution is -0.151. The highest BCUT2D eigenvalue weighted by Crippen LogP contribution is 2.34. The van der Waals surface area contributed by atoms with Crippen molar-refractivity contribution in [3.05, 3.63) is 0 Å². The maximum Gasteiger partial charge on any atom is 0.327 e. The van der Waals surface area contributed by atoms with Gasteiger partial charge in [0.05, 0.1) is 11.4 Å². The van der Waals surface area contributed by atoms with Crippen LogP contribution in [0.5, 0.6) is 0 Å². The Labute approximate surface area is 92.0 Å². The van der Waals surface area contributed by atoms with Crippen LogP contribution in [-0.2, 0) is 9.59 Å². The van der Waals surface area contributed by atoms with E-state index in [0.717, 1.165) is 6.42 Å². The fourth-order valence-electron chi connectivity index (χ4n) is 1.90. The number of amides is 1. The monoisotopic (exact) mass is 230 g/mol. The van der Waals surface area contributed by atoms with Gasteiger partial charge in [0.15, 0.2) is 0 Å². The molecule has 1 saturated heterocycles. The predicted octanol–water partition coefficient (Wildman–Crippen LogP) is -0.146. The topological polar surface area (TPSA) is 83.6 Å². The molecule has 1 aliphatic carbocycles. The molecular weight excluding hydrogens is 216 g/mol. The molecule has 84 valence electrons. The number of hydrogen-bond acceptors (Lipinski definition) is 4. The number of nitrogens with two attached hydrogens (primary N) is 1. The van der Waals surface area contributed by atoms with E-state index in [1.165, 1.54) is 16.7 Å². The summed E-state index contributed by atoms with van der Waals surface area (Å²) in [5, 5.41) is 8.94. The van der Waals surface area contributed by atoms with Crippen molar-refractivity contribution in [3.63, 3.8) is 0 Å². The summed E-state index contributed by atoms with van der Waals surface area (Å²) >= 11 is 1.47. The second kappa shape index (κ2) is 3.68. The molecule has 0 spiro atoms. The van der Waals surface area contributed by atoms with Crippen LogP contribution in [0.4, 0.5) is 0 Å². The van der Waals surface area contributed by atoms with Crippen molar-refractivity contribution in [1.82, 2.24) is 4.90 Å². The fourth-order valence-corrected chi connectivity index (χ4v) is 3.05. The summed E-state index contributed by atoms with van der Waals surface area (Å²) in [5.74, 6) is -0.200. The first-order chi connectivity index (χ1) is 7.04. The van der Waals surface area contributed by atoms with Crippen LogP contribution in [0.2, 0.25) is 0 Å². The van der Waals surface area contributed by atoms with Gasteiger partial charge in [-0.2, -0.15) is 0 Å². The molecule has 5 nitrogen and oxygen atoms in total. The van der Waals surface area contributed by atoms with Gasteiger partial charge in [-0.25, -0.2) is 4.79 Å². The first kappa shape index (κ1) is 10.8. The lowest BCUT2D eigenvalue weighted by atomic mass is 9.76. The number of carboxylic acids is 1. The van der Waals surface area contributed by atoms with Crippen molar-refractivity contribution >= 4 is 23.6 Å². The number of hydrogen-bond donors (Lipinski definition) is 2. The van der Waals surface area contributed by atoms with E-state index in [1.54, 1.807) is 0 Å². The average Bonchev–Trinajstić information content (AvgIpc) is 2.61. The Bertz CT molecular complexity index is 304. The van der Waals surface area contributed by atoms with Crippen molar-refractivity contribution < 1.29 is 14.7 Å². The van der Waals surface area contributed by atoms with Crippen molar-refractivity contribution in [3.8, 4) is 0 Å². The van der Waals surface area contributed by atoms with Crippen molar-refractivity contribution in [2.75, 3.05) is 11.6 Å². The Morgan fingerprint density at radius 3 is 2.60 bits per heavy atom.